The Labute approximate surface area is 176 Å². The van der Waals surface area contributed by atoms with Crippen molar-refractivity contribution in [3.63, 3.8) is 0 Å². The Morgan fingerprint density at radius 1 is 1.19 bits per heavy atom. The minimum absolute atomic E-state index is 0.117. The number of nitrogen functional groups attached to an aromatic ring is 1. The van der Waals surface area contributed by atoms with Gasteiger partial charge in [-0.1, -0.05) is 11.2 Å². The van der Waals surface area contributed by atoms with Gasteiger partial charge in [-0.25, -0.2) is 8.78 Å². The lowest BCUT2D eigenvalue weighted by Gasteiger charge is -2.24. The Bertz CT molecular complexity index is 1170. The molecular weight excluding hydrogens is 406 g/mol. The van der Waals surface area contributed by atoms with E-state index >= 15 is 0 Å². The number of aryl methyl sites for hydroxylation is 2. The van der Waals surface area contributed by atoms with Gasteiger partial charge >= 0.3 is 0 Å². The first-order valence-corrected chi connectivity index (χ1v) is 9.67. The predicted octanol–water partition coefficient (Wildman–Crippen LogP) is 3.95. The molecule has 3 N–H and O–H groups in total. The van der Waals surface area contributed by atoms with Gasteiger partial charge in [0.2, 0.25) is 11.8 Å². The number of carbonyl (C=O) groups excluding carboxylic acids is 2. The van der Waals surface area contributed by atoms with Gasteiger partial charge in [0.15, 0.2) is 11.6 Å². The Hall–Kier alpha value is -3.75. The second-order valence-corrected chi connectivity index (χ2v) is 7.41. The van der Waals surface area contributed by atoms with E-state index in [9.17, 15) is 18.4 Å². The largest absolute Gasteiger partial charge is 0.397 e. The number of amides is 2. The number of halogens is 2. The summed E-state index contributed by atoms with van der Waals surface area (Å²) in [6, 6.07) is 7.39. The normalized spacial score (nSPS) is 16.1. The van der Waals surface area contributed by atoms with Gasteiger partial charge in [0.05, 0.1) is 17.1 Å². The van der Waals surface area contributed by atoms with Gasteiger partial charge in [-0.3, -0.25) is 14.5 Å². The SMILES string of the molecule is Cc1noc(C)c1-c1ccc(N)c(NC(=O)C2CCC(=O)N2c2ccc(F)c(F)c2)c1. The zero-order valence-corrected chi connectivity index (χ0v) is 16.9. The van der Waals surface area contributed by atoms with Crippen molar-refractivity contribution in [1.82, 2.24) is 5.16 Å². The first-order valence-electron chi connectivity index (χ1n) is 9.67. The topological polar surface area (TPSA) is 101 Å². The molecule has 2 heterocycles. The summed E-state index contributed by atoms with van der Waals surface area (Å²) in [5.74, 6) is -2.31. The van der Waals surface area contributed by atoms with E-state index in [1.165, 1.54) is 11.0 Å². The summed E-state index contributed by atoms with van der Waals surface area (Å²) in [5.41, 5.74) is 9.15. The second kappa shape index (κ2) is 7.82. The first-order chi connectivity index (χ1) is 14.8. The summed E-state index contributed by atoms with van der Waals surface area (Å²) < 4.78 is 32.2. The van der Waals surface area contributed by atoms with E-state index in [0.717, 1.165) is 23.3 Å². The van der Waals surface area contributed by atoms with Crippen LogP contribution in [0.3, 0.4) is 0 Å². The molecule has 31 heavy (non-hydrogen) atoms. The predicted molar refractivity (Wildman–Crippen MR) is 111 cm³/mol. The van der Waals surface area contributed by atoms with E-state index in [4.69, 9.17) is 10.3 Å². The molecule has 0 saturated carbocycles. The molecule has 0 spiro atoms. The number of nitrogens with one attached hydrogen (secondary N) is 1. The lowest BCUT2D eigenvalue weighted by atomic mass is 10.0. The van der Waals surface area contributed by atoms with Crippen LogP contribution < -0.4 is 16.0 Å². The maximum atomic E-state index is 13.7. The highest BCUT2D eigenvalue weighted by atomic mass is 19.2. The van der Waals surface area contributed by atoms with Gasteiger partial charge in [-0.2, -0.15) is 0 Å². The van der Waals surface area contributed by atoms with Crippen molar-refractivity contribution in [3.8, 4) is 11.1 Å². The monoisotopic (exact) mass is 426 g/mol. The summed E-state index contributed by atoms with van der Waals surface area (Å²) in [6.45, 7) is 3.60. The van der Waals surface area contributed by atoms with Crippen molar-refractivity contribution in [2.75, 3.05) is 16.0 Å². The molecule has 1 atom stereocenters. The molecule has 2 aromatic carbocycles. The molecule has 7 nitrogen and oxygen atoms in total. The highest BCUT2D eigenvalue weighted by Gasteiger charge is 2.37. The van der Waals surface area contributed by atoms with E-state index in [1.807, 2.05) is 6.92 Å². The third kappa shape index (κ3) is 3.74. The van der Waals surface area contributed by atoms with Crippen molar-refractivity contribution in [2.24, 2.45) is 0 Å². The zero-order valence-electron chi connectivity index (χ0n) is 16.9. The van der Waals surface area contributed by atoms with Gasteiger partial charge < -0.3 is 15.6 Å². The van der Waals surface area contributed by atoms with Crippen molar-refractivity contribution >= 4 is 28.9 Å². The summed E-state index contributed by atoms with van der Waals surface area (Å²) >= 11 is 0. The molecule has 160 valence electrons. The molecule has 1 aliphatic rings. The van der Waals surface area contributed by atoms with Crippen molar-refractivity contribution in [1.29, 1.82) is 0 Å². The Morgan fingerprint density at radius 2 is 1.97 bits per heavy atom. The lowest BCUT2D eigenvalue weighted by molar-refractivity contribution is -0.120. The van der Waals surface area contributed by atoms with Gasteiger partial charge in [0, 0.05) is 23.7 Å². The molecule has 1 saturated heterocycles. The second-order valence-electron chi connectivity index (χ2n) is 7.41. The fourth-order valence-electron chi connectivity index (χ4n) is 3.82. The molecule has 3 aromatic rings. The van der Waals surface area contributed by atoms with Gasteiger partial charge in [0.25, 0.3) is 0 Å². The number of carbonyl (C=O) groups is 2. The number of nitrogens with zero attached hydrogens (tertiary/aromatic N) is 2. The van der Waals surface area contributed by atoms with Crippen molar-refractivity contribution in [2.45, 2.75) is 32.7 Å². The van der Waals surface area contributed by atoms with Crippen LogP contribution in [0.15, 0.2) is 40.9 Å². The fourth-order valence-corrected chi connectivity index (χ4v) is 3.82. The summed E-state index contributed by atoms with van der Waals surface area (Å²) in [5, 5.41) is 6.70. The van der Waals surface area contributed by atoms with Gasteiger partial charge in [0.1, 0.15) is 11.8 Å². The number of hydrogen-bond donors (Lipinski definition) is 2. The molecular formula is C22H20F2N4O3. The average Bonchev–Trinajstić information content (AvgIpc) is 3.28. The summed E-state index contributed by atoms with van der Waals surface area (Å²) in [6.07, 6.45) is 0.360. The van der Waals surface area contributed by atoms with Crippen LogP contribution in [-0.2, 0) is 9.59 Å². The van der Waals surface area contributed by atoms with Crippen LogP contribution in [0.2, 0.25) is 0 Å². The summed E-state index contributed by atoms with van der Waals surface area (Å²) in [4.78, 5) is 26.6. The molecule has 1 unspecified atom stereocenters. The van der Waals surface area contributed by atoms with E-state index < -0.39 is 23.6 Å². The highest BCUT2D eigenvalue weighted by Crippen LogP contribution is 2.33. The first kappa shape index (κ1) is 20.5. The molecule has 0 aliphatic carbocycles. The molecule has 9 heteroatoms. The summed E-state index contributed by atoms with van der Waals surface area (Å²) in [7, 11) is 0. The maximum absolute atomic E-state index is 13.7. The third-order valence-electron chi connectivity index (χ3n) is 5.33. The van der Waals surface area contributed by atoms with E-state index in [0.29, 0.717) is 22.8 Å². The van der Waals surface area contributed by atoms with Gasteiger partial charge in [-0.05, 0) is 50.1 Å². The van der Waals surface area contributed by atoms with Crippen LogP contribution in [0.25, 0.3) is 11.1 Å². The smallest absolute Gasteiger partial charge is 0.247 e. The zero-order chi connectivity index (χ0) is 22.3. The maximum Gasteiger partial charge on any atom is 0.247 e. The number of anilines is 3. The van der Waals surface area contributed by atoms with Crippen LogP contribution in [0, 0.1) is 25.5 Å². The van der Waals surface area contributed by atoms with Gasteiger partial charge in [-0.15, -0.1) is 0 Å². The van der Waals surface area contributed by atoms with Crippen LogP contribution in [0.5, 0.6) is 0 Å². The lowest BCUT2D eigenvalue weighted by Crippen LogP contribution is -2.42. The third-order valence-corrected chi connectivity index (χ3v) is 5.33. The number of nitrogens with two attached hydrogens (primary N) is 1. The average molecular weight is 426 g/mol. The number of hydrogen-bond acceptors (Lipinski definition) is 5. The minimum atomic E-state index is -1.09. The Kier molecular flexibility index (Phi) is 5.18. The molecule has 2 amide bonds. The highest BCUT2D eigenvalue weighted by molar-refractivity contribution is 6.08. The number of rotatable bonds is 4. The number of aromatic nitrogens is 1. The van der Waals surface area contributed by atoms with Crippen LogP contribution in [0.1, 0.15) is 24.3 Å². The standard InChI is InChI=1S/C22H20F2N4O3/c1-11-21(12(2)31-27-11)13-3-6-17(25)18(9-13)26-22(30)19-7-8-20(29)28(19)14-4-5-15(23)16(24)10-14/h3-6,9-10,19H,7-8,25H2,1-2H3,(H,26,30). The van der Waals surface area contributed by atoms with E-state index in [1.54, 1.807) is 25.1 Å². The van der Waals surface area contributed by atoms with Crippen LogP contribution in [0.4, 0.5) is 25.8 Å². The molecule has 0 radical (unpaired) electrons. The quantitative estimate of drug-likeness (QED) is 0.615. The van der Waals surface area contributed by atoms with E-state index in [-0.39, 0.29) is 24.4 Å². The molecule has 1 fully saturated rings. The molecule has 1 aromatic heterocycles. The van der Waals surface area contributed by atoms with Crippen LogP contribution >= 0.6 is 0 Å². The Morgan fingerprint density at radius 3 is 2.65 bits per heavy atom. The van der Waals surface area contributed by atoms with Crippen LogP contribution in [-0.4, -0.2) is 23.0 Å². The molecule has 1 aliphatic heterocycles. The minimum Gasteiger partial charge on any atom is -0.397 e. The molecule has 4 rings (SSSR count). The fraction of sp³-hybridized carbons (Fsp3) is 0.227. The van der Waals surface area contributed by atoms with Crippen molar-refractivity contribution < 1.29 is 22.9 Å². The number of benzene rings is 2. The van der Waals surface area contributed by atoms with E-state index in [2.05, 4.69) is 10.5 Å². The Balaban J connectivity index is 1.62. The van der Waals surface area contributed by atoms with Crippen molar-refractivity contribution in [3.05, 3.63) is 59.5 Å². The molecule has 0 bridgehead atoms.